The molecule has 0 aliphatic rings. The highest BCUT2D eigenvalue weighted by atomic mass is 16.6. The van der Waals surface area contributed by atoms with E-state index in [0.29, 0.717) is 29.0 Å². The highest BCUT2D eigenvalue weighted by molar-refractivity contribution is 5.95. The minimum Gasteiger partial charge on any atom is -0.467 e. The number of carbonyl (C=O) groups excluding carboxylic acids is 2. The second kappa shape index (κ2) is 10.3. The van der Waals surface area contributed by atoms with Crippen LogP contribution in [0, 0.1) is 25.2 Å². The largest absolute Gasteiger partial charge is 0.467 e. The number of furan rings is 1. The zero-order valence-corrected chi connectivity index (χ0v) is 19.9. The van der Waals surface area contributed by atoms with Crippen LogP contribution in [0.2, 0.25) is 0 Å². The van der Waals surface area contributed by atoms with Gasteiger partial charge >= 0.3 is 5.97 Å². The van der Waals surface area contributed by atoms with E-state index < -0.39 is 24.1 Å². The smallest absolute Gasteiger partial charge is 0.348 e. The Balaban J connectivity index is 1.55. The number of nitrogens with zero attached hydrogens (tertiary/aromatic N) is 2. The van der Waals surface area contributed by atoms with Gasteiger partial charge in [-0.1, -0.05) is 60.7 Å². The van der Waals surface area contributed by atoms with E-state index in [4.69, 9.17) is 9.15 Å². The standard InChI is InChI=1S/C28H25N3O5/c1-19-20(2)31(17-23-14-9-15-35-23)26(24(19)16-29)30-25(32)18-36-27(33)28(34,21-10-5-3-6-11-21)22-12-7-4-8-13-22/h3-15,34H,17-18H2,1-2H3,(H,30,32). The fourth-order valence-corrected chi connectivity index (χ4v) is 4.05. The van der Waals surface area contributed by atoms with Crippen LogP contribution >= 0.6 is 0 Å². The summed E-state index contributed by atoms with van der Waals surface area (Å²) in [5.74, 6) is -0.711. The molecule has 1 amide bonds. The number of ether oxygens (including phenoxy) is 1. The van der Waals surface area contributed by atoms with Gasteiger partial charge in [-0.25, -0.2) is 4.79 Å². The molecule has 0 radical (unpaired) electrons. The monoisotopic (exact) mass is 483 g/mol. The summed E-state index contributed by atoms with van der Waals surface area (Å²) in [6.07, 6.45) is 1.55. The maximum atomic E-state index is 13.2. The lowest BCUT2D eigenvalue weighted by Gasteiger charge is -2.27. The fraction of sp³-hybridized carbons (Fsp3) is 0.179. The summed E-state index contributed by atoms with van der Waals surface area (Å²) in [7, 11) is 0. The topological polar surface area (TPSA) is 117 Å². The van der Waals surface area contributed by atoms with Crippen molar-refractivity contribution in [1.82, 2.24) is 4.57 Å². The Morgan fingerprint density at radius 1 is 1.03 bits per heavy atom. The molecule has 4 aromatic rings. The number of benzene rings is 2. The molecule has 8 heteroatoms. The van der Waals surface area contributed by atoms with E-state index in [1.54, 1.807) is 90.6 Å². The van der Waals surface area contributed by atoms with E-state index in [1.165, 1.54) is 0 Å². The number of hydrogen-bond acceptors (Lipinski definition) is 6. The number of nitrogens with one attached hydrogen (secondary N) is 1. The van der Waals surface area contributed by atoms with Crippen molar-refractivity contribution in [3.05, 3.63) is 113 Å². The summed E-state index contributed by atoms with van der Waals surface area (Å²) in [6.45, 7) is 3.28. The maximum Gasteiger partial charge on any atom is 0.348 e. The molecule has 8 nitrogen and oxygen atoms in total. The van der Waals surface area contributed by atoms with Crippen molar-refractivity contribution in [2.45, 2.75) is 26.0 Å². The van der Waals surface area contributed by atoms with Gasteiger partial charge in [0.05, 0.1) is 18.4 Å². The van der Waals surface area contributed by atoms with Gasteiger partial charge in [-0.3, -0.25) is 4.79 Å². The van der Waals surface area contributed by atoms with Crippen LogP contribution in [0.1, 0.15) is 33.7 Å². The van der Waals surface area contributed by atoms with E-state index in [9.17, 15) is 20.0 Å². The second-order valence-corrected chi connectivity index (χ2v) is 8.28. The van der Waals surface area contributed by atoms with Gasteiger partial charge in [0.2, 0.25) is 5.60 Å². The summed E-state index contributed by atoms with van der Waals surface area (Å²) in [5.41, 5.74) is 0.340. The molecule has 0 saturated carbocycles. The van der Waals surface area contributed by atoms with Crippen molar-refractivity contribution in [2.75, 3.05) is 11.9 Å². The Kier molecular flexibility index (Phi) is 7.04. The van der Waals surface area contributed by atoms with E-state index >= 15 is 0 Å². The molecule has 0 bridgehead atoms. The summed E-state index contributed by atoms with van der Waals surface area (Å²) in [6, 6.07) is 22.5. The van der Waals surface area contributed by atoms with E-state index in [1.807, 2.05) is 6.92 Å². The number of aliphatic hydroxyl groups is 1. The summed E-state index contributed by atoms with van der Waals surface area (Å²) in [4.78, 5) is 26.0. The van der Waals surface area contributed by atoms with Crippen molar-refractivity contribution in [1.29, 1.82) is 5.26 Å². The van der Waals surface area contributed by atoms with Gasteiger partial charge < -0.3 is 24.1 Å². The first-order valence-electron chi connectivity index (χ1n) is 11.3. The number of hydrogen-bond donors (Lipinski definition) is 2. The van der Waals surface area contributed by atoms with Crippen LogP contribution in [0.5, 0.6) is 0 Å². The molecule has 0 atom stereocenters. The molecule has 2 heterocycles. The Bertz CT molecular complexity index is 1360. The average molecular weight is 484 g/mol. The lowest BCUT2D eigenvalue weighted by atomic mass is 9.86. The van der Waals surface area contributed by atoms with Crippen LogP contribution in [0.3, 0.4) is 0 Å². The quantitative estimate of drug-likeness (QED) is 0.365. The number of nitriles is 1. The highest BCUT2D eigenvalue weighted by Gasteiger charge is 2.42. The van der Waals surface area contributed by atoms with Gasteiger partial charge in [0.1, 0.15) is 17.6 Å². The number of amides is 1. The van der Waals surface area contributed by atoms with Gasteiger partial charge in [0, 0.05) is 5.69 Å². The van der Waals surface area contributed by atoms with Crippen molar-refractivity contribution < 1.29 is 23.8 Å². The Morgan fingerprint density at radius 2 is 1.64 bits per heavy atom. The summed E-state index contributed by atoms with van der Waals surface area (Å²) < 4.78 is 12.5. The van der Waals surface area contributed by atoms with Crippen LogP contribution < -0.4 is 5.32 Å². The van der Waals surface area contributed by atoms with Crippen LogP contribution in [0.15, 0.2) is 83.5 Å². The first-order valence-corrected chi connectivity index (χ1v) is 11.3. The van der Waals surface area contributed by atoms with E-state index in [2.05, 4.69) is 11.4 Å². The predicted molar refractivity (Wildman–Crippen MR) is 132 cm³/mol. The van der Waals surface area contributed by atoms with Crippen LogP contribution in [0.4, 0.5) is 5.82 Å². The van der Waals surface area contributed by atoms with Crippen molar-refractivity contribution in [3.8, 4) is 6.07 Å². The van der Waals surface area contributed by atoms with Gasteiger partial charge in [-0.2, -0.15) is 5.26 Å². The minimum absolute atomic E-state index is 0.284. The first kappa shape index (κ1) is 24.5. The fourth-order valence-electron chi connectivity index (χ4n) is 4.05. The summed E-state index contributed by atoms with van der Waals surface area (Å²) >= 11 is 0. The molecule has 2 N–H and O–H groups in total. The third kappa shape index (κ3) is 4.65. The van der Waals surface area contributed by atoms with Crippen LogP contribution in [-0.2, 0) is 26.5 Å². The second-order valence-electron chi connectivity index (χ2n) is 8.28. The number of carbonyl (C=O) groups is 2. The molecular formula is C28H25N3O5. The first-order chi connectivity index (χ1) is 17.4. The number of rotatable bonds is 8. The zero-order valence-electron chi connectivity index (χ0n) is 19.9. The molecule has 0 fully saturated rings. The zero-order chi connectivity index (χ0) is 25.7. The van der Waals surface area contributed by atoms with Crippen molar-refractivity contribution in [3.63, 3.8) is 0 Å². The highest BCUT2D eigenvalue weighted by Crippen LogP contribution is 2.31. The van der Waals surface area contributed by atoms with Gasteiger partial charge in [0.15, 0.2) is 6.61 Å². The van der Waals surface area contributed by atoms with E-state index in [0.717, 1.165) is 11.3 Å². The Morgan fingerprint density at radius 3 is 2.17 bits per heavy atom. The Labute approximate surface area is 208 Å². The molecule has 0 unspecified atom stereocenters. The number of aromatic nitrogens is 1. The molecule has 4 rings (SSSR count). The molecule has 0 saturated heterocycles. The predicted octanol–water partition coefficient (Wildman–Crippen LogP) is 4.04. The normalized spacial score (nSPS) is 11.1. The Hall–Kier alpha value is -4.61. The lowest BCUT2D eigenvalue weighted by Crippen LogP contribution is -2.40. The van der Waals surface area contributed by atoms with Crippen LogP contribution in [-0.4, -0.2) is 28.2 Å². The van der Waals surface area contributed by atoms with Gasteiger partial charge in [-0.05, 0) is 42.7 Å². The van der Waals surface area contributed by atoms with Gasteiger partial charge in [-0.15, -0.1) is 0 Å². The number of esters is 1. The lowest BCUT2D eigenvalue weighted by molar-refractivity contribution is -0.163. The molecular weight excluding hydrogens is 458 g/mol. The van der Waals surface area contributed by atoms with Gasteiger partial charge in [0.25, 0.3) is 5.91 Å². The third-order valence-corrected chi connectivity index (χ3v) is 6.11. The molecule has 2 aromatic carbocycles. The SMILES string of the molecule is Cc1c(C#N)c(NC(=O)COC(=O)C(O)(c2ccccc2)c2ccccc2)n(Cc2ccco2)c1C. The van der Waals surface area contributed by atoms with E-state index in [-0.39, 0.29) is 5.82 Å². The average Bonchev–Trinajstić information content (AvgIpc) is 3.50. The molecule has 0 aliphatic heterocycles. The maximum absolute atomic E-state index is 13.2. The third-order valence-electron chi connectivity index (χ3n) is 6.11. The molecule has 0 aliphatic carbocycles. The molecule has 0 spiro atoms. The van der Waals surface area contributed by atoms with Crippen molar-refractivity contribution >= 4 is 17.7 Å². The molecule has 2 aromatic heterocycles. The molecule has 36 heavy (non-hydrogen) atoms. The number of anilines is 1. The van der Waals surface area contributed by atoms with Crippen molar-refractivity contribution in [2.24, 2.45) is 0 Å². The molecule has 182 valence electrons. The summed E-state index contributed by atoms with van der Waals surface area (Å²) in [5, 5.41) is 23.9. The minimum atomic E-state index is -2.10. The van der Waals surface area contributed by atoms with Crippen LogP contribution in [0.25, 0.3) is 0 Å².